The SMILES string of the molecule is CC(C)(C)C1=C(C(C)(C)C)N(c2cc(Oc3cc(C(C)(C)C)c4c5ccccc5n(-c5cc(C(C)(C)c6ccccc6)ccn5)c4c3)cc(C(C)(C)c3ccccc3)c2)CN1c1cccc(C(C)(C)C)c1. The molecule has 5 heteroatoms. The van der Waals surface area contributed by atoms with Crippen LogP contribution in [0.4, 0.5) is 11.4 Å². The van der Waals surface area contributed by atoms with Crippen LogP contribution in [0.1, 0.15) is 144 Å². The van der Waals surface area contributed by atoms with E-state index in [1.54, 1.807) is 0 Å². The Morgan fingerprint density at radius 2 is 0.944 bits per heavy atom. The highest BCUT2D eigenvalue weighted by Crippen LogP contribution is 2.50. The maximum absolute atomic E-state index is 7.41. The largest absolute Gasteiger partial charge is 0.457 e. The van der Waals surface area contributed by atoms with Crippen molar-refractivity contribution in [3.8, 4) is 17.3 Å². The number of hydrogen-bond donors (Lipinski definition) is 0. The molecule has 0 saturated heterocycles. The first kappa shape index (κ1) is 49.4. The Hall–Kier alpha value is -6.59. The molecule has 0 fully saturated rings. The average Bonchev–Trinajstić information content (AvgIpc) is 3.90. The molecule has 8 aromatic rings. The van der Waals surface area contributed by atoms with Gasteiger partial charge in [0, 0.05) is 73.5 Å². The summed E-state index contributed by atoms with van der Waals surface area (Å²) in [7, 11) is 0. The van der Waals surface area contributed by atoms with Gasteiger partial charge in [0.15, 0.2) is 0 Å². The number of fused-ring (bicyclic) bond motifs is 3. The normalized spacial score (nSPS) is 14.3. The summed E-state index contributed by atoms with van der Waals surface area (Å²) in [6.07, 6.45) is 1.97. The highest BCUT2D eigenvalue weighted by molar-refractivity contribution is 6.11. The molecule has 0 unspecified atom stereocenters. The molecule has 0 amide bonds. The van der Waals surface area contributed by atoms with Gasteiger partial charge >= 0.3 is 0 Å². The second-order valence-electron chi connectivity index (χ2n) is 25.2. The molecule has 5 nitrogen and oxygen atoms in total. The average molecular weight is 941 g/mol. The Morgan fingerprint density at radius 3 is 1.54 bits per heavy atom. The van der Waals surface area contributed by atoms with Crippen LogP contribution in [0, 0.1) is 10.8 Å². The lowest BCUT2D eigenvalue weighted by Gasteiger charge is -2.35. The zero-order valence-corrected chi connectivity index (χ0v) is 45.4. The molecule has 0 saturated carbocycles. The van der Waals surface area contributed by atoms with Gasteiger partial charge in [0.1, 0.15) is 17.3 Å². The van der Waals surface area contributed by atoms with E-state index in [4.69, 9.17) is 9.72 Å². The number of hydrogen-bond acceptors (Lipinski definition) is 4. The molecule has 0 aliphatic carbocycles. The lowest BCUT2D eigenvalue weighted by Crippen LogP contribution is -2.31. The van der Waals surface area contributed by atoms with Crippen molar-refractivity contribution in [3.05, 3.63) is 203 Å². The van der Waals surface area contributed by atoms with Crippen LogP contribution in [0.5, 0.6) is 11.5 Å². The molecule has 0 spiro atoms. The van der Waals surface area contributed by atoms with E-state index in [0.717, 1.165) is 34.0 Å². The molecule has 0 atom stereocenters. The standard InChI is InChI=1S/C66H76N4O/c1-61(2,3)46-30-25-31-49(36-46)68-43-69(60(64(10,11)12)59(68)63(7,8)9)50-37-48(66(15,16)45-28-21-18-22-29-45)38-51(40-50)71-52-41-54(62(4,5)6)58-53-32-23-24-33-55(53)70(56(58)42-52)57-39-47(34-35-67-57)65(13,14)44-26-19-17-20-27-44/h17-42H,43H2,1-16H3. The number of anilines is 2. The van der Waals surface area contributed by atoms with Gasteiger partial charge in [-0.3, -0.25) is 4.57 Å². The van der Waals surface area contributed by atoms with E-state index < -0.39 is 0 Å². The van der Waals surface area contributed by atoms with E-state index in [0.29, 0.717) is 6.67 Å². The molecule has 0 bridgehead atoms. The van der Waals surface area contributed by atoms with Gasteiger partial charge in [0.05, 0.1) is 17.7 Å². The third kappa shape index (κ3) is 9.29. The van der Waals surface area contributed by atoms with Crippen molar-refractivity contribution in [2.45, 2.75) is 132 Å². The van der Waals surface area contributed by atoms with Crippen LogP contribution in [-0.2, 0) is 21.7 Å². The lowest BCUT2D eigenvalue weighted by molar-refractivity contribution is 0.444. The molecule has 2 aromatic heterocycles. The second-order valence-corrected chi connectivity index (χ2v) is 25.2. The minimum atomic E-state index is -0.342. The van der Waals surface area contributed by atoms with Crippen LogP contribution < -0.4 is 14.5 Å². The van der Waals surface area contributed by atoms with Gasteiger partial charge in [-0.15, -0.1) is 0 Å². The van der Waals surface area contributed by atoms with Crippen molar-refractivity contribution in [2.24, 2.45) is 10.8 Å². The zero-order valence-electron chi connectivity index (χ0n) is 45.4. The molecule has 366 valence electrons. The number of ether oxygens (including phenoxy) is 1. The fourth-order valence-corrected chi connectivity index (χ4v) is 10.9. The number of benzene rings is 6. The van der Waals surface area contributed by atoms with Crippen LogP contribution in [0.3, 0.4) is 0 Å². The van der Waals surface area contributed by atoms with E-state index in [-0.39, 0.29) is 32.5 Å². The molecule has 71 heavy (non-hydrogen) atoms. The van der Waals surface area contributed by atoms with Gasteiger partial charge < -0.3 is 14.5 Å². The fraction of sp³-hybridized carbons (Fsp3) is 0.348. The number of para-hydroxylation sites is 1. The molecule has 6 aromatic carbocycles. The number of pyridine rings is 1. The summed E-state index contributed by atoms with van der Waals surface area (Å²) < 4.78 is 9.75. The lowest BCUT2D eigenvalue weighted by atomic mass is 9.77. The van der Waals surface area contributed by atoms with Crippen LogP contribution in [0.2, 0.25) is 0 Å². The fourth-order valence-electron chi connectivity index (χ4n) is 10.9. The molecule has 9 rings (SSSR count). The third-order valence-corrected chi connectivity index (χ3v) is 14.9. The number of rotatable bonds is 9. The first-order valence-electron chi connectivity index (χ1n) is 25.6. The van der Waals surface area contributed by atoms with Crippen LogP contribution >= 0.6 is 0 Å². The molecule has 0 radical (unpaired) electrons. The Labute approximate surface area is 425 Å². The van der Waals surface area contributed by atoms with Crippen molar-refractivity contribution in [1.82, 2.24) is 9.55 Å². The summed E-state index contributed by atoms with van der Waals surface area (Å²) >= 11 is 0. The summed E-state index contributed by atoms with van der Waals surface area (Å²) in [4.78, 5) is 10.3. The molecule has 1 aliphatic rings. The van der Waals surface area contributed by atoms with E-state index in [9.17, 15) is 0 Å². The highest BCUT2D eigenvalue weighted by atomic mass is 16.5. The van der Waals surface area contributed by atoms with Gasteiger partial charge in [-0.05, 0) is 92.7 Å². The van der Waals surface area contributed by atoms with E-state index in [1.165, 1.54) is 61.2 Å². The Bertz CT molecular complexity index is 3290. The van der Waals surface area contributed by atoms with E-state index >= 15 is 0 Å². The Balaban J connectivity index is 1.25. The van der Waals surface area contributed by atoms with Gasteiger partial charge in [0.2, 0.25) is 0 Å². The smallest absolute Gasteiger partial charge is 0.137 e. The van der Waals surface area contributed by atoms with E-state index in [2.05, 4.69) is 277 Å². The van der Waals surface area contributed by atoms with Crippen molar-refractivity contribution >= 4 is 33.2 Å². The molecule has 0 N–H and O–H groups in total. The van der Waals surface area contributed by atoms with Gasteiger partial charge in [-0.1, -0.05) is 202 Å². The van der Waals surface area contributed by atoms with Crippen molar-refractivity contribution in [3.63, 3.8) is 0 Å². The highest BCUT2D eigenvalue weighted by Gasteiger charge is 2.42. The Morgan fingerprint density at radius 1 is 0.408 bits per heavy atom. The van der Waals surface area contributed by atoms with E-state index in [1.807, 2.05) is 6.20 Å². The summed E-state index contributed by atoms with van der Waals surface area (Å²) in [5.74, 6) is 2.47. The molecule has 3 heterocycles. The van der Waals surface area contributed by atoms with Crippen LogP contribution in [0.15, 0.2) is 169 Å². The van der Waals surface area contributed by atoms with Gasteiger partial charge in [-0.25, -0.2) is 4.98 Å². The predicted octanol–water partition coefficient (Wildman–Crippen LogP) is 17.8. The first-order chi connectivity index (χ1) is 33.2. The molecule has 1 aliphatic heterocycles. The van der Waals surface area contributed by atoms with Crippen molar-refractivity contribution in [2.75, 3.05) is 16.5 Å². The second kappa shape index (κ2) is 17.6. The zero-order chi connectivity index (χ0) is 51.1. The maximum atomic E-state index is 7.41. The van der Waals surface area contributed by atoms with Gasteiger partial charge in [-0.2, -0.15) is 0 Å². The number of allylic oxidation sites excluding steroid dienone is 2. The molecular formula is C66H76N4O. The third-order valence-electron chi connectivity index (χ3n) is 14.9. The molecular weight excluding hydrogens is 865 g/mol. The predicted molar refractivity (Wildman–Crippen MR) is 302 cm³/mol. The maximum Gasteiger partial charge on any atom is 0.137 e. The van der Waals surface area contributed by atoms with Crippen molar-refractivity contribution in [1.29, 1.82) is 0 Å². The van der Waals surface area contributed by atoms with Crippen LogP contribution in [-0.4, -0.2) is 16.2 Å². The summed E-state index contributed by atoms with van der Waals surface area (Å²) in [5, 5.41) is 2.42. The summed E-state index contributed by atoms with van der Waals surface area (Å²) in [6, 6.07) is 55.5. The number of aromatic nitrogens is 2. The topological polar surface area (TPSA) is 33.5 Å². The van der Waals surface area contributed by atoms with Crippen molar-refractivity contribution < 1.29 is 4.74 Å². The van der Waals surface area contributed by atoms with Crippen LogP contribution in [0.25, 0.3) is 27.6 Å². The monoisotopic (exact) mass is 941 g/mol. The first-order valence-corrected chi connectivity index (χ1v) is 25.6. The van der Waals surface area contributed by atoms with Gasteiger partial charge in [0.25, 0.3) is 0 Å². The quantitative estimate of drug-likeness (QED) is 0.144. The minimum absolute atomic E-state index is 0.0154. The number of nitrogens with zero attached hydrogens (tertiary/aromatic N) is 4. The summed E-state index contributed by atoms with van der Waals surface area (Å²) in [6.45, 7) is 37.9. The summed E-state index contributed by atoms with van der Waals surface area (Å²) in [5.41, 5.74) is 13.5. The minimum Gasteiger partial charge on any atom is -0.457 e. The Kier molecular flexibility index (Phi) is 12.3.